The van der Waals surface area contributed by atoms with Crippen LogP contribution in [0, 0.1) is 15.9 Å². The molecule has 0 spiro atoms. The minimum absolute atomic E-state index is 0.128. The highest BCUT2D eigenvalue weighted by molar-refractivity contribution is 5.40. The summed E-state index contributed by atoms with van der Waals surface area (Å²) in [5.41, 5.74) is 0.631. The van der Waals surface area contributed by atoms with Gasteiger partial charge in [0.1, 0.15) is 18.2 Å². The van der Waals surface area contributed by atoms with E-state index in [0.29, 0.717) is 11.3 Å². The van der Waals surface area contributed by atoms with Crippen LogP contribution >= 0.6 is 0 Å². The molecule has 0 aromatic heterocycles. The molecule has 5 nitrogen and oxygen atoms in total. The van der Waals surface area contributed by atoms with Crippen molar-refractivity contribution in [2.45, 2.75) is 19.6 Å². The van der Waals surface area contributed by atoms with Crippen molar-refractivity contribution in [1.29, 1.82) is 0 Å². The maximum Gasteiger partial charge on any atom is 0.276 e. The predicted molar refractivity (Wildman–Crippen MR) is 74.5 cm³/mol. The molecule has 0 saturated carbocycles. The Labute approximate surface area is 120 Å². The topological polar surface area (TPSA) is 72.6 Å². The molecule has 0 bridgehead atoms. The largest absolute Gasteiger partial charge is 0.489 e. The Kier molecular flexibility index (Phi) is 4.49. The number of rotatable bonds is 5. The Morgan fingerprint density at radius 1 is 1.33 bits per heavy atom. The number of aliphatic hydroxyl groups is 1. The van der Waals surface area contributed by atoms with Crippen molar-refractivity contribution in [2.75, 3.05) is 0 Å². The standard InChI is InChI=1S/C15H14FNO4/c1-10(18)11-3-2-4-14(8-11)21-9-12-7-13(16)5-6-15(12)17(19)20/h2-8,10,18H,9H2,1H3/t10-/m0/s1. The minimum atomic E-state index is -0.642. The van der Waals surface area contributed by atoms with Crippen LogP contribution in [0.15, 0.2) is 42.5 Å². The fourth-order valence-electron chi connectivity index (χ4n) is 1.87. The van der Waals surface area contributed by atoms with Gasteiger partial charge in [-0.15, -0.1) is 0 Å². The molecule has 0 aliphatic rings. The third kappa shape index (κ3) is 3.76. The maximum absolute atomic E-state index is 13.2. The Morgan fingerprint density at radius 3 is 2.76 bits per heavy atom. The van der Waals surface area contributed by atoms with E-state index in [0.717, 1.165) is 18.2 Å². The highest BCUT2D eigenvalue weighted by atomic mass is 19.1. The second-order valence-corrected chi connectivity index (χ2v) is 4.57. The number of halogens is 1. The quantitative estimate of drug-likeness (QED) is 0.677. The first kappa shape index (κ1) is 14.9. The lowest BCUT2D eigenvalue weighted by atomic mass is 10.1. The normalized spacial score (nSPS) is 12.0. The number of ether oxygens (including phenoxy) is 1. The van der Waals surface area contributed by atoms with Gasteiger partial charge in [0.25, 0.3) is 5.69 Å². The van der Waals surface area contributed by atoms with Crippen LogP contribution in [0.2, 0.25) is 0 Å². The van der Waals surface area contributed by atoms with Crippen LogP contribution in [0.1, 0.15) is 24.2 Å². The number of hydrogen-bond acceptors (Lipinski definition) is 4. The summed E-state index contributed by atoms with van der Waals surface area (Å²) >= 11 is 0. The van der Waals surface area contributed by atoms with E-state index >= 15 is 0 Å². The van der Waals surface area contributed by atoms with Gasteiger partial charge >= 0.3 is 0 Å². The van der Waals surface area contributed by atoms with Crippen LogP contribution in [0.25, 0.3) is 0 Å². The molecule has 0 aliphatic carbocycles. The molecule has 0 fully saturated rings. The van der Waals surface area contributed by atoms with E-state index in [1.165, 1.54) is 0 Å². The summed E-state index contributed by atoms with van der Waals surface area (Å²) in [4.78, 5) is 10.3. The summed E-state index contributed by atoms with van der Waals surface area (Å²) < 4.78 is 18.6. The first-order chi connectivity index (χ1) is 9.97. The molecule has 0 amide bonds. The van der Waals surface area contributed by atoms with Crippen molar-refractivity contribution in [1.82, 2.24) is 0 Å². The monoisotopic (exact) mass is 291 g/mol. The molecule has 6 heteroatoms. The molecular weight excluding hydrogens is 277 g/mol. The van der Waals surface area contributed by atoms with Crippen molar-refractivity contribution >= 4 is 5.69 Å². The van der Waals surface area contributed by atoms with Gasteiger partial charge < -0.3 is 9.84 Å². The molecule has 0 radical (unpaired) electrons. The van der Waals surface area contributed by atoms with Crippen molar-refractivity contribution in [3.63, 3.8) is 0 Å². The van der Waals surface area contributed by atoms with E-state index in [-0.39, 0.29) is 17.9 Å². The fourth-order valence-corrected chi connectivity index (χ4v) is 1.87. The summed E-state index contributed by atoms with van der Waals surface area (Å²) in [5.74, 6) is -0.108. The highest BCUT2D eigenvalue weighted by Crippen LogP contribution is 2.23. The first-order valence-corrected chi connectivity index (χ1v) is 6.31. The van der Waals surface area contributed by atoms with Crippen LogP contribution in [-0.2, 0) is 6.61 Å². The van der Waals surface area contributed by atoms with E-state index in [1.54, 1.807) is 31.2 Å². The van der Waals surface area contributed by atoms with Gasteiger partial charge in [0.05, 0.1) is 16.6 Å². The highest BCUT2D eigenvalue weighted by Gasteiger charge is 2.15. The molecule has 0 saturated heterocycles. The van der Waals surface area contributed by atoms with Crippen LogP contribution in [0.5, 0.6) is 5.75 Å². The molecule has 1 N–H and O–H groups in total. The molecule has 21 heavy (non-hydrogen) atoms. The molecule has 2 aromatic rings. The third-order valence-electron chi connectivity index (χ3n) is 2.97. The van der Waals surface area contributed by atoms with Gasteiger partial charge in [-0.05, 0) is 36.8 Å². The Morgan fingerprint density at radius 2 is 2.10 bits per heavy atom. The molecule has 0 unspecified atom stereocenters. The molecule has 2 rings (SSSR count). The second kappa shape index (κ2) is 6.32. The van der Waals surface area contributed by atoms with Crippen LogP contribution in [0.3, 0.4) is 0 Å². The van der Waals surface area contributed by atoms with Crippen LogP contribution < -0.4 is 4.74 Å². The maximum atomic E-state index is 13.2. The summed E-state index contributed by atoms with van der Waals surface area (Å²) in [7, 11) is 0. The van der Waals surface area contributed by atoms with Crippen LogP contribution in [-0.4, -0.2) is 10.0 Å². The van der Waals surface area contributed by atoms with E-state index < -0.39 is 16.8 Å². The molecule has 0 heterocycles. The summed E-state index contributed by atoms with van der Waals surface area (Å²) in [5, 5.41) is 20.4. The number of nitro benzene ring substituents is 1. The van der Waals surface area contributed by atoms with Gasteiger partial charge in [-0.25, -0.2) is 4.39 Å². The number of nitro groups is 1. The lowest BCUT2D eigenvalue weighted by molar-refractivity contribution is -0.385. The fraction of sp³-hybridized carbons (Fsp3) is 0.200. The summed E-state index contributed by atoms with van der Waals surface area (Å²) in [6.07, 6.45) is -0.642. The van der Waals surface area contributed by atoms with Crippen molar-refractivity contribution in [3.8, 4) is 5.75 Å². The van der Waals surface area contributed by atoms with Gasteiger partial charge in [0.2, 0.25) is 0 Å². The van der Waals surface area contributed by atoms with Crippen molar-refractivity contribution < 1.29 is 19.2 Å². The average Bonchev–Trinajstić information content (AvgIpc) is 2.45. The number of nitrogens with zero attached hydrogens (tertiary/aromatic N) is 1. The van der Waals surface area contributed by atoms with Gasteiger partial charge in [-0.3, -0.25) is 10.1 Å². The zero-order valence-electron chi connectivity index (χ0n) is 11.3. The van der Waals surface area contributed by atoms with Crippen LogP contribution in [0.4, 0.5) is 10.1 Å². The Hall–Kier alpha value is -2.47. The molecule has 110 valence electrons. The SMILES string of the molecule is C[C@H](O)c1cccc(OCc2cc(F)ccc2[N+](=O)[O-])c1. The smallest absolute Gasteiger partial charge is 0.276 e. The Bertz CT molecular complexity index is 658. The molecule has 1 atom stereocenters. The molecule has 0 aliphatic heterocycles. The van der Waals surface area contributed by atoms with E-state index in [4.69, 9.17) is 4.74 Å². The van der Waals surface area contributed by atoms with E-state index in [1.807, 2.05) is 0 Å². The van der Waals surface area contributed by atoms with Crippen molar-refractivity contribution in [2.24, 2.45) is 0 Å². The predicted octanol–water partition coefficient (Wildman–Crippen LogP) is 3.37. The van der Waals surface area contributed by atoms with Gasteiger partial charge in [-0.2, -0.15) is 0 Å². The summed E-state index contributed by atoms with van der Waals surface area (Å²) in [6, 6.07) is 9.97. The molecular formula is C15H14FNO4. The van der Waals surface area contributed by atoms with Gasteiger partial charge in [0.15, 0.2) is 0 Å². The number of hydrogen-bond donors (Lipinski definition) is 1. The average molecular weight is 291 g/mol. The lowest BCUT2D eigenvalue weighted by Gasteiger charge is -2.10. The lowest BCUT2D eigenvalue weighted by Crippen LogP contribution is -2.02. The Balaban J connectivity index is 2.18. The first-order valence-electron chi connectivity index (χ1n) is 6.31. The number of aliphatic hydroxyl groups excluding tert-OH is 1. The summed E-state index contributed by atoms with van der Waals surface area (Å²) in [6.45, 7) is 1.49. The zero-order chi connectivity index (χ0) is 15.4. The van der Waals surface area contributed by atoms with Gasteiger partial charge in [0, 0.05) is 6.07 Å². The van der Waals surface area contributed by atoms with Gasteiger partial charge in [-0.1, -0.05) is 12.1 Å². The molecule has 2 aromatic carbocycles. The van der Waals surface area contributed by atoms with E-state index in [2.05, 4.69) is 0 Å². The van der Waals surface area contributed by atoms with E-state index in [9.17, 15) is 19.6 Å². The zero-order valence-corrected chi connectivity index (χ0v) is 11.3. The van der Waals surface area contributed by atoms with Crippen molar-refractivity contribution in [3.05, 3.63) is 69.5 Å². The third-order valence-corrected chi connectivity index (χ3v) is 2.97. The minimum Gasteiger partial charge on any atom is -0.489 e. The second-order valence-electron chi connectivity index (χ2n) is 4.57. The number of benzene rings is 2.